The molecule has 0 saturated carbocycles. The molecule has 0 aliphatic rings. The Balaban J connectivity index is 2.35. The zero-order chi connectivity index (χ0) is 15.8. The van der Waals surface area contributed by atoms with Gasteiger partial charge in [0.25, 0.3) is 0 Å². The maximum Gasteiger partial charge on any atom is 0.488 e. The van der Waals surface area contributed by atoms with Gasteiger partial charge in [-0.05, 0) is 24.5 Å². The van der Waals surface area contributed by atoms with E-state index in [1.807, 2.05) is 0 Å². The lowest BCUT2D eigenvalue weighted by Crippen LogP contribution is -2.32. The van der Waals surface area contributed by atoms with Gasteiger partial charge in [0.1, 0.15) is 12.4 Å². The Morgan fingerprint density at radius 1 is 1.38 bits per heavy atom. The number of benzene rings is 1. The average Bonchev–Trinajstić information content (AvgIpc) is 2.43. The number of carbonyl (C=O) groups is 2. The summed E-state index contributed by atoms with van der Waals surface area (Å²) in [4.78, 5) is 22.5. The minimum Gasteiger partial charge on any atom is -0.460 e. The number of carbonyl (C=O) groups excluding carboxylic acids is 2. The first-order valence-corrected chi connectivity index (χ1v) is 6.14. The maximum atomic E-state index is 11.5. The lowest BCUT2D eigenvalue weighted by Gasteiger charge is -2.08. The van der Waals surface area contributed by atoms with Crippen molar-refractivity contribution in [1.82, 2.24) is 5.32 Å². The van der Waals surface area contributed by atoms with Crippen LogP contribution in [0.5, 0.6) is 5.75 Å². The molecule has 0 heterocycles. The van der Waals surface area contributed by atoms with E-state index in [1.54, 1.807) is 0 Å². The summed E-state index contributed by atoms with van der Waals surface area (Å²) >= 11 is 0. The van der Waals surface area contributed by atoms with Gasteiger partial charge in [-0.3, -0.25) is 0 Å². The SMILES string of the molecule is C=C(C)C(=O)OCCNC(=O)Oc1cccc(B(O)O)c1. The summed E-state index contributed by atoms with van der Waals surface area (Å²) in [7, 11) is -1.64. The van der Waals surface area contributed by atoms with E-state index < -0.39 is 19.2 Å². The third kappa shape index (κ3) is 6.11. The number of hydrogen-bond donors (Lipinski definition) is 3. The van der Waals surface area contributed by atoms with E-state index in [0.717, 1.165) is 0 Å². The summed E-state index contributed by atoms with van der Waals surface area (Å²) in [6.45, 7) is 5.02. The van der Waals surface area contributed by atoms with Crippen molar-refractivity contribution >= 4 is 24.6 Å². The van der Waals surface area contributed by atoms with Crippen LogP contribution >= 0.6 is 0 Å². The van der Waals surface area contributed by atoms with Gasteiger partial charge in [0.15, 0.2) is 0 Å². The minimum absolute atomic E-state index is 0.00378. The van der Waals surface area contributed by atoms with Crippen LogP contribution in [0.15, 0.2) is 36.4 Å². The second-order valence-electron chi connectivity index (χ2n) is 4.18. The first-order valence-electron chi connectivity index (χ1n) is 6.14. The lowest BCUT2D eigenvalue weighted by atomic mass is 9.80. The Morgan fingerprint density at radius 3 is 2.71 bits per heavy atom. The van der Waals surface area contributed by atoms with E-state index in [4.69, 9.17) is 19.5 Å². The largest absolute Gasteiger partial charge is 0.488 e. The normalized spacial score (nSPS) is 9.67. The van der Waals surface area contributed by atoms with Crippen molar-refractivity contribution in [1.29, 1.82) is 0 Å². The van der Waals surface area contributed by atoms with Crippen LogP contribution in [0.3, 0.4) is 0 Å². The number of nitrogens with one attached hydrogen (secondary N) is 1. The van der Waals surface area contributed by atoms with E-state index in [0.29, 0.717) is 0 Å². The van der Waals surface area contributed by atoms with Gasteiger partial charge < -0.3 is 24.8 Å². The van der Waals surface area contributed by atoms with Crippen molar-refractivity contribution in [3.63, 3.8) is 0 Å². The molecule has 0 bridgehead atoms. The number of ether oxygens (including phenoxy) is 2. The van der Waals surface area contributed by atoms with Gasteiger partial charge in [0.05, 0.1) is 6.54 Å². The molecule has 112 valence electrons. The maximum absolute atomic E-state index is 11.5. The monoisotopic (exact) mass is 293 g/mol. The van der Waals surface area contributed by atoms with Gasteiger partial charge in [-0.2, -0.15) is 0 Å². The summed E-state index contributed by atoms with van der Waals surface area (Å²) in [5.41, 5.74) is 0.479. The van der Waals surface area contributed by atoms with Gasteiger partial charge in [0.2, 0.25) is 0 Å². The molecular formula is C13H16BNO6. The van der Waals surface area contributed by atoms with Gasteiger partial charge in [0, 0.05) is 5.57 Å². The first kappa shape index (κ1) is 16.7. The standard InChI is InChI=1S/C13H16BNO6/c1-9(2)12(16)20-7-6-15-13(17)21-11-5-3-4-10(8-11)14(18)19/h3-5,8,18-19H,1,6-7H2,2H3,(H,15,17). The number of rotatable bonds is 6. The Labute approximate surface area is 122 Å². The van der Waals surface area contributed by atoms with Gasteiger partial charge >= 0.3 is 19.2 Å². The highest BCUT2D eigenvalue weighted by Crippen LogP contribution is 2.07. The quantitative estimate of drug-likeness (QED) is 0.284. The predicted molar refractivity (Wildman–Crippen MR) is 76.1 cm³/mol. The molecule has 0 aromatic heterocycles. The van der Waals surface area contributed by atoms with E-state index in [9.17, 15) is 9.59 Å². The van der Waals surface area contributed by atoms with E-state index in [1.165, 1.54) is 31.2 Å². The molecule has 1 aromatic carbocycles. The zero-order valence-electron chi connectivity index (χ0n) is 11.5. The highest BCUT2D eigenvalue weighted by molar-refractivity contribution is 6.58. The van der Waals surface area contributed by atoms with Crippen molar-refractivity contribution in [2.75, 3.05) is 13.2 Å². The number of amides is 1. The Morgan fingerprint density at radius 2 is 2.10 bits per heavy atom. The molecule has 0 aliphatic heterocycles. The third-order valence-corrected chi connectivity index (χ3v) is 2.32. The predicted octanol–water partition coefficient (Wildman–Crippen LogP) is -0.426. The molecule has 0 saturated heterocycles. The minimum atomic E-state index is -1.64. The fourth-order valence-corrected chi connectivity index (χ4v) is 1.30. The van der Waals surface area contributed by atoms with Crippen LogP contribution in [0.25, 0.3) is 0 Å². The van der Waals surface area contributed by atoms with Gasteiger partial charge in [-0.15, -0.1) is 0 Å². The summed E-state index contributed by atoms with van der Waals surface area (Å²) in [5.74, 6) is -0.369. The van der Waals surface area contributed by atoms with E-state index >= 15 is 0 Å². The zero-order valence-corrected chi connectivity index (χ0v) is 11.5. The molecule has 0 unspecified atom stereocenters. The highest BCUT2D eigenvalue weighted by atomic mass is 16.6. The summed E-state index contributed by atoms with van der Waals surface area (Å²) in [6, 6.07) is 5.82. The van der Waals surface area contributed by atoms with Crippen LogP contribution in [0.1, 0.15) is 6.92 Å². The van der Waals surface area contributed by atoms with E-state index in [2.05, 4.69) is 11.9 Å². The van der Waals surface area contributed by atoms with Crippen molar-refractivity contribution in [3.05, 3.63) is 36.4 Å². The summed E-state index contributed by atoms with van der Waals surface area (Å²) in [6.07, 6.45) is -0.744. The highest BCUT2D eigenvalue weighted by Gasteiger charge is 2.12. The molecule has 1 aromatic rings. The second kappa shape index (κ2) is 8.08. The van der Waals surface area contributed by atoms with Gasteiger partial charge in [-0.1, -0.05) is 18.7 Å². The molecule has 8 heteroatoms. The molecule has 0 fully saturated rings. The number of esters is 1. The second-order valence-corrected chi connectivity index (χ2v) is 4.18. The molecule has 1 rings (SSSR count). The van der Waals surface area contributed by atoms with Crippen LogP contribution in [-0.2, 0) is 9.53 Å². The van der Waals surface area contributed by atoms with Crippen LogP contribution in [0.4, 0.5) is 4.79 Å². The topological polar surface area (TPSA) is 105 Å². The van der Waals surface area contributed by atoms with Crippen molar-refractivity contribution in [2.45, 2.75) is 6.92 Å². The summed E-state index contributed by atoms with van der Waals surface area (Å²) in [5, 5.41) is 20.4. The average molecular weight is 293 g/mol. The van der Waals surface area contributed by atoms with Crippen LogP contribution in [-0.4, -0.2) is 42.4 Å². The van der Waals surface area contributed by atoms with Crippen molar-refractivity contribution in [3.8, 4) is 5.75 Å². The Kier molecular flexibility index (Phi) is 6.44. The molecule has 0 spiro atoms. The van der Waals surface area contributed by atoms with Crippen LogP contribution < -0.4 is 15.5 Å². The van der Waals surface area contributed by atoms with Crippen LogP contribution in [0, 0.1) is 0 Å². The summed E-state index contributed by atoms with van der Waals surface area (Å²) < 4.78 is 9.71. The fourth-order valence-electron chi connectivity index (χ4n) is 1.30. The van der Waals surface area contributed by atoms with Crippen molar-refractivity contribution in [2.24, 2.45) is 0 Å². The molecule has 21 heavy (non-hydrogen) atoms. The first-order chi connectivity index (χ1) is 9.90. The molecule has 0 aliphatic carbocycles. The number of hydrogen-bond acceptors (Lipinski definition) is 6. The Hall–Kier alpha value is -2.32. The Bertz CT molecular complexity index is 531. The molecular weight excluding hydrogens is 277 g/mol. The van der Waals surface area contributed by atoms with Gasteiger partial charge in [-0.25, -0.2) is 9.59 Å². The van der Waals surface area contributed by atoms with Crippen molar-refractivity contribution < 1.29 is 29.1 Å². The molecule has 7 nitrogen and oxygen atoms in total. The lowest BCUT2D eigenvalue weighted by molar-refractivity contribution is -0.138. The molecule has 0 radical (unpaired) electrons. The third-order valence-electron chi connectivity index (χ3n) is 2.32. The van der Waals surface area contributed by atoms with Crippen LogP contribution in [0.2, 0.25) is 0 Å². The van der Waals surface area contributed by atoms with E-state index in [-0.39, 0.29) is 29.9 Å². The molecule has 1 amide bonds. The fraction of sp³-hybridized carbons (Fsp3) is 0.231. The molecule has 0 atom stereocenters. The molecule has 3 N–H and O–H groups in total. The smallest absolute Gasteiger partial charge is 0.460 e.